The molecule has 0 saturated heterocycles. The molecule has 0 aromatic carbocycles. The Morgan fingerprint density at radius 2 is 1.73 bits per heavy atom. The number of nitriles is 1. The summed E-state index contributed by atoms with van der Waals surface area (Å²) < 4.78 is 28.1. The second-order valence-electron chi connectivity index (χ2n) is 15.2. The lowest BCUT2D eigenvalue weighted by Crippen LogP contribution is -2.56. The van der Waals surface area contributed by atoms with E-state index in [-0.39, 0.29) is 34.4 Å². The molecule has 1 saturated carbocycles. The minimum atomic E-state index is -3.49. The van der Waals surface area contributed by atoms with Gasteiger partial charge in [0.2, 0.25) is 0 Å². The Balaban J connectivity index is 1.98. The van der Waals surface area contributed by atoms with Crippen LogP contribution < -0.4 is 5.32 Å². The summed E-state index contributed by atoms with van der Waals surface area (Å²) in [6.45, 7) is 17.2. The van der Waals surface area contributed by atoms with Gasteiger partial charge in [0.1, 0.15) is 6.07 Å². The molecule has 0 aromatic rings. The van der Waals surface area contributed by atoms with Gasteiger partial charge in [0.15, 0.2) is 11.6 Å². The summed E-state index contributed by atoms with van der Waals surface area (Å²) in [6, 6.07) is 2.09. The Kier molecular flexibility index (Phi) is 8.93. The van der Waals surface area contributed by atoms with E-state index < -0.39 is 33.6 Å². The van der Waals surface area contributed by atoms with E-state index in [0.29, 0.717) is 32.6 Å². The van der Waals surface area contributed by atoms with Crippen LogP contribution in [0.2, 0.25) is 0 Å². The molecule has 228 valence electrons. The highest BCUT2D eigenvalue weighted by atomic mass is 19.3. The molecule has 0 spiro atoms. The van der Waals surface area contributed by atoms with Crippen molar-refractivity contribution in [2.24, 2.45) is 33.5 Å². The zero-order valence-corrected chi connectivity index (χ0v) is 26.6. The first-order chi connectivity index (χ1) is 18.7. The van der Waals surface area contributed by atoms with Crippen molar-refractivity contribution < 1.29 is 23.2 Å². The molecule has 3 aliphatic carbocycles. The van der Waals surface area contributed by atoms with Crippen molar-refractivity contribution in [2.75, 3.05) is 0 Å². The van der Waals surface area contributed by atoms with Crippen LogP contribution in [-0.4, -0.2) is 28.9 Å². The summed E-state index contributed by atoms with van der Waals surface area (Å²) in [4.78, 5) is 38.8. The maximum absolute atomic E-state index is 14.0. The van der Waals surface area contributed by atoms with Crippen molar-refractivity contribution >= 4 is 17.5 Å². The number of rotatable bonds is 10. The van der Waals surface area contributed by atoms with E-state index in [2.05, 4.69) is 52.9 Å². The number of carbonyl (C=O) groups is 3. The molecule has 1 fully saturated rings. The lowest BCUT2D eigenvalue weighted by Gasteiger charge is -2.61. The van der Waals surface area contributed by atoms with Crippen LogP contribution in [0, 0.1) is 44.8 Å². The molecule has 41 heavy (non-hydrogen) atoms. The predicted octanol–water partition coefficient (Wildman–Crippen LogP) is 7.90. The molecular formula is C34H50F2N2O3. The van der Waals surface area contributed by atoms with Crippen molar-refractivity contribution in [2.45, 2.75) is 132 Å². The third-order valence-corrected chi connectivity index (χ3v) is 11.3. The first-order valence-corrected chi connectivity index (χ1v) is 15.3. The molecule has 1 N–H and O–H groups in total. The molecule has 0 unspecified atom stereocenters. The molecule has 7 heteroatoms. The summed E-state index contributed by atoms with van der Waals surface area (Å²) in [5, 5.41) is 12.4. The van der Waals surface area contributed by atoms with E-state index in [1.807, 2.05) is 13.8 Å². The van der Waals surface area contributed by atoms with Gasteiger partial charge in [0, 0.05) is 30.2 Å². The van der Waals surface area contributed by atoms with Gasteiger partial charge in [0.25, 0.3) is 5.91 Å². The molecule has 3 rings (SSSR count). The van der Waals surface area contributed by atoms with Gasteiger partial charge in [-0.25, -0.2) is 0 Å². The Hall–Kier alpha value is -2.36. The fourth-order valence-electron chi connectivity index (χ4n) is 8.21. The number of fused-ring (bicyclic) bond motifs is 3. The normalized spacial score (nSPS) is 33.5. The number of nitrogens with one attached hydrogen (secondary N) is 1. The molecule has 5 nitrogen and oxygen atoms in total. The van der Waals surface area contributed by atoms with Crippen LogP contribution in [0.4, 0.5) is 8.78 Å². The largest absolute Gasteiger partial charge is 0.346 e. The molecule has 1 amide bonds. The van der Waals surface area contributed by atoms with Crippen LogP contribution >= 0.6 is 0 Å². The van der Waals surface area contributed by atoms with Gasteiger partial charge in [-0.1, -0.05) is 66.5 Å². The molecule has 0 aliphatic heterocycles. The molecule has 6 atom stereocenters. The summed E-state index contributed by atoms with van der Waals surface area (Å²) in [7, 11) is 0. The van der Waals surface area contributed by atoms with Gasteiger partial charge in [-0.15, -0.1) is 0 Å². The van der Waals surface area contributed by atoms with E-state index in [9.17, 15) is 28.4 Å². The molecular weight excluding hydrogens is 522 g/mol. The Labute approximate surface area is 245 Å². The van der Waals surface area contributed by atoms with Gasteiger partial charge in [0.05, 0.1) is 5.57 Å². The maximum atomic E-state index is 14.0. The summed E-state index contributed by atoms with van der Waals surface area (Å²) in [6.07, 6.45) is 9.83. The lowest BCUT2D eigenvalue weighted by molar-refractivity contribution is -0.145. The van der Waals surface area contributed by atoms with Crippen molar-refractivity contribution in [1.82, 2.24) is 5.32 Å². The van der Waals surface area contributed by atoms with Crippen LogP contribution in [0.15, 0.2) is 23.3 Å². The number of nitrogens with zero attached hydrogens (tertiary/aromatic N) is 1. The number of carbonyl (C=O) groups excluding carboxylic acids is 3. The lowest BCUT2D eigenvalue weighted by atomic mass is 9.42. The zero-order chi connectivity index (χ0) is 31.2. The van der Waals surface area contributed by atoms with Crippen LogP contribution in [0.25, 0.3) is 0 Å². The first kappa shape index (κ1) is 33.1. The van der Waals surface area contributed by atoms with Crippen LogP contribution in [0.3, 0.4) is 0 Å². The van der Waals surface area contributed by atoms with E-state index >= 15 is 0 Å². The number of amides is 1. The second-order valence-corrected chi connectivity index (χ2v) is 15.2. The van der Waals surface area contributed by atoms with Gasteiger partial charge < -0.3 is 5.32 Å². The monoisotopic (exact) mass is 572 g/mol. The third kappa shape index (κ3) is 6.22. The SMILES string of the molecule is CCCC(C)(C)CC[C@@](C)(CC[C@]1(C)CC(=O)C=C2[C@@]3(C)C=C(C#N)C(=O)[C@@H](C)[C@@H]3CC[C@]21C)NC(=O)C(C)(F)F. The highest BCUT2D eigenvalue weighted by Crippen LogP contribution is 2.67. The molecule has 0 radical (unpaired) electrons. The van der Waals surface area contributed by atoms with Crippen LogP contribution in [-0.2, 0) is 14.4 Å². The van der Waals surface area contributed by atoms with E-state index in [0.717, 1.165) is 37.7 Å². The highest BCUT2D eigenvalue weighted by molar-refractivity contribution is 6.02. The first-order valence-electron chi connectivity index (χ1n) is 15.3. The Morgan fingerprint density at radius 1 is 1.10 bits per heavy atom. The molecule has 0 heterocycles. The Morgan fingerprint density at radius 3 is 2.29 bits per heavy atom. The number of hydrogen-bond acceptors (Lipinski definition) is 4. The van der Waals surface area contributed by atoms with Gasteiger partial charge >= 0.3 is 5.92 Å². The minimum absolute atomic E-state index is 0.00119. The smallest absolute Gasteiger partial charge is 0.321 e. The Bertz CT molecular complexity index is 1190. The third-order valence-electron chi connectivity index (χ3n) is 11.3. The fraction of sp³-hybridized carbons (Fsp3) is 0.765. The van der Waals surface area contributed by atoms with Crippen LogP contribution in [0.5, 0.6) is 0 Å². The van der Waals surface area contributed by atoms with E-state index in [1.165, 1.54) is 0 Å². The van der Waals surface area contributed by atoms with Crippen molar-refractivity contribution in [3.8, 4) is 6.07 Å². The number of halogens is 2. The quantitative estimate of drug-likeness (QED) is 0.288. The van der Waals surface area contributed by atoms with E-state index in [1.54, 1.807) is 12.2 Å². The average Bonchev–Trinajstić information content (AvgIpc) is 2.85. The van der Waals surface area contributed by atoms with Crippen molar-refractivity contribution in [3.63, 3.8) is 0 Å². The number of allylic oxidation sites excluding steroid dienone is 4. The van der Waals surface area contributed by atoms with Gasteiger partial charge in [-0.3, -0.25) is 14.4 Å². The number of hydrogen-bond donors (Lipinski definition) is 1. The highest BCUT2D eigenvalue weighted by Gasteiger charge is 2.61. The number of ketones is 2. The minimum Gasteiger partial charge on any atom is -0.346 e. The standard InChI is InChI=1S/C34H50F2N2O3/c1-10-12-29(3,4)14-16-31(6,38-28(41)34(9,35)36)17-15-30(5)20-24(39)18-26-32(7)19-23(21-37)27(40)22(2)25(32)11-13-33(26,30)8/h18-19,22,25H,10-17,20H2,1-9H3,(H,38,41)/t22-,25-,30+,31-,32-,33+/m0/s1. The molecule has 0 bridgehead atoms. The summed E-state index contributed by atoms with van der Waals surface area (Å²) in [5.74, 6) is -5.19. The zero-order valence-electron chi connectivity index (χ0n) is 26.6. The van der Waals surface area contributed by atoms with Gasteiger partial charge in [-0.05, 0) is 80.1 Å². The molecule has 3 aliphatic rings. The topological polar surface area (TPSA) is 87.0 Å². The second kappa shape index (κ2) is 11.0. The molecule has 0 aromatic heterocycles. The summed E-state index contributed by atoms with van der Waals surface area (Å²) >= 11 is 0. The van der Waals surface area contributed by atoms with Gasteiger partial charge in [-0.2, -0.15) is 14.0 Å². The number of alkyl halides is 2. The fourth-order valence-corrected chi connectivity index (χ4v) is 8.21. The van der Waals surface area contributed by atoms with Crippen molar-refractivity contribution in [1.29, 1.82) is 5.26 Å². The van der Waals surface area contributed by atoms with E-state index in [4.69, 9.17) is 0 Å². The predicted molar refractivity (Wildman–Crippen MR) is 157 cm³/mol. The average molecular weight is 573 g/mol. The maximum Gasteiger partial charge on any atom is 0.321 e. The summed E-state index contributed by atoms with van der Waals surface area (Å²) in [5.41, 5.74) is -1.22. The number of Topliss-reactive ketones (excluding diaryl/α,β-unsaturated/α-hetero) is 1. The van der Waals surface area contributed by atoms with Crippen molar-refractivity contribution in [3.05, 3.63) is 23.3 Å². The van der Waals surface area contributed by atoms with Crippen LogP contribution in [0.1, 0.15) is 120 Å².